The van der Waals surface area contributed by atoms with E-state index in [0.29, 0.717) is 12.0 Å². The standard InChI is InChI=1S/C19H31N5O2S/c1-2-24-17(20-14-21-24)11-22-9-15-10-23(16-4-7-27-8-5-16)13-19(15,12-22)6-3-18(25)26/h14-16H,2-13H2,1H3,(H,25,26). The molecule has 7 nitrogen and oxygen atoms in total. The molecule has 3 fully saturated rings. The van der Waals surface area contributed by atoms with Crippen molar-refractivity contribution in [2.45, 2.75) is 51.7 Å². The van der Waals surface area contributed by atoms with Crippen LogP contribution in [0.4, 0.5) is 0 Å². The number of carbonyl (C=O) groups is 1. The number of aliphatic carboxylic acids is 1. The number of carboxylic acid groups (broad SMARTS) is 1. The topological polar surface area (TPSA) is 74.5 Å². The molecule has 0 amide bonds. The van der Waals surface area contributed by atoms with E-state index in [1.807, 2.05) is 4.68 Å². The molecule has 0 aliphatic carbocycles. The van der Waals surface area contributed by atoms with Crippen LogP contribution in [0.2, 0.25) is 0 Å². The zero-order valence-corrected chi connectivity index (χ0v) is 17.0. The van der Waals surface area contributed by atoms with Crippen molar-refractivity contribution < 1.29 is 9.90 Å². The number of fused-ring (bicyclic) bond motifs is 1. The molecule has 1 aromatic heterocycles. The molecule has 3 aliphatic rings. The van der Waals surface area contributed by atoms with Crippen molar-refractivity contribution >= 4 is 17.7 Å². The van der Waals surface area contributed by atoms with Gasteiger partial charge < -0.3 is 5.11 Å². The molecule has 1 N–H and O–H groups in total. The molecular weight excluding hydrogens is 362 g/mol. The Morgan fingerprint density at radius 1 is 1.33 bits per heavy atom. The van der Waals surface area contributed by atoms with Crippen LogP contribution in [0, 0.1) is 11.3 Å². The largest absolute Gasteiger partial charge is 0.481 e. The summed E-state index contributed by atoms with van der Waals surface area (Å²) in [6, 6.07) is 0.704. The van der Waals surface area contributed by atoms with E-state index in [0.717, 1.165) is 51.5 Å². The van der Waals surface area contributed by atoms with E-state index in [1.165, 1.54) is 24.3 Å². The van der Waals surface area contributed by atoms with Crippen molar-refractivity contribution in [3.63, 3.8) is 0 Å². The van der Waals surface area contributed by atoms with Gasteiger partial charge in [0.2, 0.25) is 0 Å². The summed E-state index contributed by atoms with van der Waals surface area (Å²) in [4.78, 5) is 20.9. The zero-order chi connectivity index (χ0) is 18.9. The van der Waals surface area contributed by atoms with Crippen LogP contribution in [-0.2, 0) is 17.9 Å². The van der Waals surface area contributed by atoms with Crippen molar-refractivity contribution in [3.8, 4) is 0 Å². The number of hydrogen-bond donors (Lipinski definition) is 1. The monoisotopic (exact) mass is 393 g/mol. The number of thioether (sulfide) groups is 1. The third-order valence-electron chi connectivity index (χ3n) is 6.76. The first-order valence-electron chi connectivity index (χ1n) is 10.2. The summed E-state index contributed by atoms with van der Waals surface area (Å²) < 4.78 is 1.96. The lowest BCUT2D eigenvalue weighted by molar-refractivity contribution is -0.137. The van der Waals surface area contributed by atoms with Gasteiger partial charge in [-0.2, -0.15) is 16.9 Å². The highest BCUT2D eigenvalue weighted by Crippen LogP contribution is 2.47. The Balaban J connectivity index is 1.45. The second kappa shape index (κ2) is 8.09. The number of likely N-dealkylation sites (tertiary alicyclic amines) is 2. The molecule has 150 valence electrons. The average molecular weight is 394 g/mol. The minimum atomic E-state index is -0.667. The van der Waals surface area contributed by atoms with Crippen LogP contribution in [0.5, 0.6) is 0 Å². The molecule has 3 aliphatic heterocycles. The van der Waals surface area contributed by atoms with Gasteiger partial charge in [-0.1, -0.05) is 0 Å². The van der Waals surface area contributed by atoms with Crippen molar-refractivity contribution in [3.05, 3.63) is 12.2 Å². The van der Waals surface area contributed by atoms with Gasteiger partial charge in [0.05, 0.1) is 6.54 Å². The summed E-state index contributed by atoms with van der Waals surface area (Å²) in [6.45, 7) is 7.98. The van der Waals surface area contributed by atoms with Gasteiger partial charge in [-0.05, 0) is 43.6 Å². The maximum absolute atomic E-state index is 11.3. The summed E-state index contributed by atoms with van der Waals surface area (Å²) in [7, 11) is 0. The molecule has 2 atom stereocenters. The highest BCUT2D eigenvalue weighted by molar-refractivity contribution is 7.99. The fraction of sp³-hybridized carbons (Fsp3) is 0.842. The molecule has 0 radical (unpaired) electrons. The quantitative estimate of drug-likeness (QED) is 0.757. The number of aryl methyl sites for hydroxylation is 1. The van der Waals surface area contributed by atoms with Crippen molar-refractivity contribution in [1.82, 2.24) is 24.6 Å². The number of aromatic nitrogens is 3. The van der Waals surface area contributed by atoms with Crippen LogP contribution in [0.1, 0.15) is 38.4 Å². The molecule has 27 heavy (non-hydrogen) atoms. The molecule has 0 aromatic carbocycles. The van der Waals surface area contributed by atoms with Crippen molar-refractivity contribution in [1.29, 1.82) is 0 Å². The summed E-state index contributed by atoms with van der Waals surface area (Å²) in [6.07, 6.45) is 5.29. The molecule has 4 heterocycles. The van der Waals surface area contributed by atoms with Crippen LogP contribution < -0.4 is 0 Å². The summed E-state index contributed by atoms with van der Waals surface area (Å²) in [5, 5.41) is 13.6. The minimum Gasteiger partial charge on any atom is -0.481 e. The van der Waals surface area contributed by atoms with Crippen LogP contribution in [0.15, 0.2) is 6.33 Å². The van der Waals surface area contributed by atoms with Gasteiger partial charge >= 0.3 is 5.97 Å². The predicted octanol–water partition coefficient (Wildman–Crippen LogP) is 1.79. The predicted molar refractivity (Wildman–Crippen MR) is 106 cm³/mol. The average Bonchev–Trinajstić information content (AvgIpc) is 3.33. The fourth-order valence-electron chi connectivity index (χ4n) is 5.37. The maximum Gasteiger partial charge on any atom is 0.303 e. The van der Waals surface area contributed by atoms with E-state index in [1.54, 1.807) is 6.33 Å². The normalized spacial score (nSPS) is 30.0. The highest BCUT2D eigenvalue weighted by atomic mass is 32.2. The Bertz CT molecular complexity index is 662. The van der Waals surface area contributed by atoms with Crippen molar-refractivity contribution in [2.24, 2.45) is 11.3 Å². The molecule has 0 bridgehead atoms. The van der Waals surface area contributed by atoms with Gasteiger partial charge in [-0.3, -0.25) is 14.6 Å². The van der Waals surface area contributed by atoms with E-state index in [9.17, 15) is 9.90 Å². The Morgan fingerprint density at radius 3 is 2.89 bits per heavy atom. The van der Waals surface area contributed by atoms with E-state index >= 15 is 0 Å². The Labute approximate surface area is 165 Å². The number of hydrogen-bond acceptors (Lipinski definition) is 6. The van der Waals surface area contributed by atoms with E-state index in [-0.39, 0.29) is 11.8 Å². The third kappa shape index (κ3) is 4.03. The van der Waals surface area contributed by atoms with Gasteiger partial charge in [0, 0.05) is 50.6 Å². The molecule has 2 unspecified atom stereocenters. The second-order valence-corrected chi connectivity index (χ2v) is 9.61. The first-order chi connectivity index (χ1) is 13.1. The first-order valence-corrected chi connectivity index (χ1v) is 11.4. The zero-order valence-electron chi connectivity index (χ0n) is 16.2. The number of nitrogens with zero attached hydrogens (tertiary/aromatic N) is 5. The van der Waals surface area contributed by atoms with Crippen LogP contribution in [-0.4, -0.2) is 79.4 Å². The molecule has 1 aromatic rings. The van der Waals surface area contributed by atoms with Gasteiger partial charge in [0.15, 0.2) is 0 Å². The highest BCUT2D eigenvalue weighted by Gasteiger charge is 2.53. The lowest BCUT2D eigenvalue weighted by Gasteiger charge is -2.34. The van der Waals surface area contributed by atoms with Crippen LogP contribution in [0.3, 0.4) is 0 Å². The summed E-state index contributed by atoms with van der Waals surface area (Å²) in [5.41, 5.74) is 0.125. The lowest BCUT2D eigenvalue weighted by atomic mass is 9.77. The Morgan fingerprint density at radius 2 is 2.15 bits per heavy atom. The van der Waals surface area contributed by atoms with Crippen LogP contribution in [0.25, 0.3) is 0 Å². The van der Waals surface area contributed by atoms with E-state index in [4.69, 9.17) is 0 Å². The lowest BCUT2D eigenvalue weighted by Crippen LogP contribution is -2.40. The fourth-order valence-corrected chi connectivity index (χ4v) is 6.45. The van der Waals surface area contributed by atoms with Gasteiger partial charge in [-0.25, -0.2) is 9.67 Å². The maximum atomic E-state index is 11.3. The Kier molecular flexibility index (Phi) is 5.75. The molecule has 3 saturated heterocycles. The van der Waals surface area contributed by atoms with Crippen LogP contribution >= 0.6 is 11.8 Å². The molecule has 0 spiro atoms. The van der Waals surface area contributed by atoms with Gasteiger partial charge in [0.25, 0.3) is 0 Å². The SMILES string of the molecule is CCn1ncnc1CN1CC2CN(C3CCSCC3)CC2(CCC(=O)O)C1. The first kappa shape index (κ1) is 19.2. The molecule has 8 heteroatoms. The minimum absolute atomic E-state index is 0.125. The Hall–Kier alpha value is -1.12. The molecule has 4 rings (SSSR count). The number of rotatable bonds is 7. The third-order valence-corrected chi connectivity index (χ3v) is 7.81. The van der Waals surface area contributed by atoms with Gasteiger partial charge in [-0.15, -0.1) is 0 Å². The second-order valence-electron chi connectivity index (χ2n) is 8.39. The smallest absolute Gasteiger partial charge is 0.303 e. The van der Waals surface area contributed by atoms with E-state index in [2.05, 4.69) is 38.6 Å². The molecular formula is C19H31N5O2S. The molecule has 0 saturated carbocycles. The summed E-state index contributed by atoms with van der Waals surface area (Å²) in [5.74, 6) is 3.47. The number of carboxylic acids is 1. The van der Waals surface area contributed by atoms with E-state index < -0.39 is 5.97 Å². The van der Waals surface area contributed by atoms with Gasteiger partial charge in [0.1, 0.15) is 12.2 Å². The van der Waals surface area contributed by atoms with Crippen molar-refractivity contribution in [2.75, 3.05) is 37.7 Å². The summed E-state index contributed by atoms with van der Waals surface area (Å²) >= 11 is 2.07.